The molecular formula is C15H21ClN2OS. The summed E-state index contributed by atoms with van der Waals surface area (Å²) in [6.45, 7) is 6.53. The van der Waals surface area contributed by atoms with Crippen LogP contribution in [0.1, 0.15) is 35.9 Å². The fourth-order valence-electron chi connectivity index (χ4n) is 3.41. The fraction of sp³-hybridized carbons (Fsp3) is 0.667. The molecular weight excluding hydrogens is 292 g/mol. The summed E-state index contributed by atoms with van der Waals surface area (Å²) >= 11 is 7.33. The molecule has 3 rings (SSSR count). The molecule has 0 saturated carbocycles. The van der Waals surface area contributed by atoms with E-state index in [0.717, 1.165) is 18.0 Å². The lowest BCUT2D eigenvalue weighted by Gasteiger charge is -2.29. The van der Waals surface area contributed by atoms with Crippen molar-refractivity contribution in [2.24, 2.45) is 0 Å². The quantitative estimate of drug-likeness (QED) is 0.801. The van der Waals surface area contributed by atoms with E-state index >= 15 is 0 Å². The molecule has 5 heteroatoms. The molecule has 0 bridgehead atoms. The monoisotopic (exact) mass is 312 g/mol. The zero-order chi connectivity index (χ0) is 14.1. The Balaban J connectivity index is 1.69. The molecule has 1 aromatic rings. The average molecular weight is 313 g/mol. The number of halogens is 1. The van der Waals surface area contributed by atoms with Crippen molar-refractivity contribution in [2.75, 3.05) is 26.2 Å². The van der Waals surface area contributed by atoms with Gasteiger partial charge in [-0.15, -0.1) is 11.3 Å². The predicted molar refractivity (Wildman–Crippen MR) is 83.9 cm³/mol. The van der Waals surface area contributed by atoms with Crippen LogP contribution in [0.5, 0.6) is 0 Å². The Labute approximate surface area is 129 Å². The zero-order valence-corrected chi connectivity index (χ0v) is 13.4. The van der Waals surface area contributed by atoms with Crippen LogP contribution in [0.15, 0.2) is 12.1 Å². The van der Waals surface area contributed by atoms with E-state index in [9.17, 15) is 4.79 Å². The molecule has 0 spiro atoms. The molecule has 0 N–H and O–H groups in total. The van der Waals surface area contributed by atoms with Gasteiger partial charge in [0.25, 0.3) is 0 Å². The van der Waals surface area contributed by atoms with Gasteiger partial charge in [0, 0.05) is 19.1 Å². The Hall–Kier alpha value is -0.420. The predicted octanol–water partition coefficient (Wildman–Crippen LogP) is 3.14. The van der Waals surface area contributed by atoms with Crippen molar-refractivity contribution in [3.63, 3.8) is 0 Å². The topological polar surface area (TPSA) is 23.6 Å². The SMILES string of the molecule is CC(C(=O)c1ccc(Cl)s1)N1CCCN2CCCC2C1. The Bertz CT molecular complexity index is 490. The number of Topliss-reactive ketones (excluding diaryl/α,β-unsaturated/α-hetero) is 1. The highest BCUT2D eigenvalue weighted by Gasteiger charge is 2.32. The first-order valence-electron chi connectivity index (χ1n) is 7.43. The number of rotatable bonds is 3. The third-order valence-corrected chi connectivity index (χ3v) is 5.82. The van der Waals surface area contributed by atoms with Crippen molar-refractivity contribution < 1.29 is 4.79 Å². The smallest absolute Gasteiger partial charge is 0.189 e. The van der Waals surface area contributed by atoms with E-state index < -0.39 is 0 Å². The number of carbonyl (C=O) groups is 1. The number of hydrogen-bond acceptors (Lipinski definition) is 4. The molecule has 2 aliphatic rings. The Kier molecular flexibility index (Phi) is 4.46. The van der Waals surface area contributed by atoms with Crippen molar-refractivity contribution in [3.8, 4) is 0 Å². The van der Waals surface area contributed by atoms with E-state index in [2.05, 4.69) is 9.80 Å². The molecule has 0 aromatic carbocycles. The second kappa shape index (κ2) is 6.14. The molecule has 1 aromatic heterocycles. The molecule has 3 nitrogen and oxygen atoms in total. The summed E-state index contributed by atoms with van der Waals surface area (Å²) in [7, 11) is 0. The van der Waals surface area contributed by atoms with Gasteiger partial charge in [0.1, 0.15) is 0 Å². The maximum absolute atomic E-state index is 12.6. The highest BCUT2D eigenvalue weighted by atomic mass is 35.5. The normalized spacial score (nSPS) is 26.2. The summed E-state index contributed by atoms with van der Waals surface area (Å²) < 4.78 is 0.693. The van der Waals surface area contributed by atoms with Crippen LogP contribution in [0.4, 0.5) is 0 Å². The number of carbonyl (C=O) groups excluding carboxylic acids is 1. The summed E-state index contributed by atoms with van der Waals surface area (Å²) in [6.07, 6.45) is 3.75. The van der Waals surface area contributed by atoms with Crippen molar-refractivity contribution in [3.05, 3.63) is 21.3 Å². The molecule has 0 radical (unpaired) electrons. The van der Waals surface area contributed by atoms with Crippen LogP contribution in [0.25, 0.3) is 0 Å². The number of nitrogens with zero attached hydrogens (tertiary/aromatic N) is 2. The number of ketones is 1. The minimum atomic E-state index is -0.0368. The lowest BCUT2D eigenvalue weighted by atomic mass is 10.1. The minimum Gasteiger partial charge on any atom is -0.299 e. The number of thiophene rings is 1. The number of fused-ring (bicyclic) bond motifs is 1. The summed E-state index contributed by atoms with van der Waals surface area (Å²) in [5, 5.41) is 0. The van der Waals surface area contributed by atoms with Crippen molar-refractivity contribution >= 4 is 28.7 Å². The van der Waals surface area contributed by atoms with Gasteiger partial charge >= 0.3 is 0 Å². The van der Waals surface area contributed by atoms with Gasteiger partial charge in [-0.25, -0.2) is 0 Å². The molecule has 110 valence electrons. The van der Waals surface area contributed by atoms with E-state index in [1.807, 2.05) is 19.1 Å². The van der Waals surface area contributed by atoms with Gasteiger partial charge in [-0.3, -0.25) is 14.6 Å². The first-order valence-corrected chi connectivity index (χ1v) is 8.62. The highest BCUT2D eigenvalue weighted by molar-refractivity contribution is 7.18. The first kappa shape index (κ1) is 14.5. The van der Waals surface area contributed by atoms with Crippen LogP contribution in [-0.4, -0.2) is 53.8 Å². The van der Waals surface area contributed by atoms with Crippen LogP contribution < -0.4 is 0 Å². The van der Waals surface area contributed by atoms with Gasteiger partial charge in [-0.2, -0.15) is 0 Å². The van der Waals surface area contributed by atoms with Gasteiger partial charge < -0.3 is 0 Å². The first-order chi connectivity index (χ1) is 9.65. The van der Waals surface area contributed by atoms with Crippen LogP contribution in [0, 0.1) is 0 Å². The van der Waals surface area contributed by atoms with Crippen molar-refractivity contribution in [2.45, 2.75) is 38.3 Å². The third-order valence-electron chi connectivity index (χ3n) is 4.58. The largest absolute Gasteiger partial charge is 0.299 e. The molecule has 0 aliphatic carbocycles. The van der Waals surface area contributed by atoms with Gasteiger partial charge in [-0.1, -0.05) is 11.6 Å². The zero-order valence-electron chi connectivity index (χ0n) is 11.8. The maximum Gasteiger partial charge on any atom is 0.189 e. The summed E-state index contributed by atoms with van der Waals surface area (Å²) in [5.41, 5.74) is 0. The molecule has 0 amide bonds. The maximum atomic E-state index is 12.6. The van der Waals surface area contributed by atoms with Crippen LogP contribution in [0.3, 0.4) is 0 Å². The lowest BCUT2D eigenvalue weighted by Crippen LogP contribution is -2.44. The second-order valence-corrected chi connectivity index (χ2v) is 7.54. The molecule has 3 heterocycles. The molecule has 2 fully saturated rings. The van der Waals surface area contributed by atoms with Gasteiger partial charge in [-0.05, 0) is 51.4 Å². The highest BCUT2D eigenvalue weighted by Crippen LogP contribution is 2.26. The van der Waals surface area contributed by atoms with E-state index in [1.54, 1.807) is 0 Å². The van der Waals surface area contributed by atoms with E-state index in [4.69, 9.17) is 11.6 Å². The van der Waals surface area contributed by atoms with E-state index in [-0.39, 0.29) is 11.8 Å². The molecule has 2 saturated heterocycles. The Morgan fingerprint density at radius 3 is 2.90 bits per heavy atom. The summed E-state index contributed by atoms with van der Waals surface area (Å²) in [4.78, 5) is 18.3. The van der Waals surface area contributed by atoms with Crippen molar-refractivity contribution in [1.82, 2.24) is 9.80 Å². The number of hydrogen-bond donors (Lipinski definition) is 0. The van der Waals surface area contributed by atoms with Crippen LogP contribution in [-0.2, 0) is 0 Å². The van der Waals surface area contributed by atoms with Gasteiger partial charge in [0.05, 0.1) is 15.3 Å². The van der Waals surface area contributed by atoms with E-state index in [1.165, 1.54) is 43.7 Å². The molecule has 2 aliphatic heterocycles. The Morgan fingerprint density at radius 1 is 1.35 bits per heavy atom. The fourth-order valence-corrected chi connectivity index (χ4v) is 4.47. The third kappa shape index (κ3) is 2.93. The average Bonchev–Trinajstić information content (AvgIpc) is 3.01. The van der Waals surface area contributed by atoms with E-state index in [0.29, 0.717) is 10.4 Å². The lowest BCUT2D eigenvalue weighted by molar-refractivity contribution is 0.0831. The molecule has 2 atom stereocenters. The standard InChI is InChI=1S/C15H21ClN2OS/c1-11(15(19)13-5-6-14(16)20-13)18-9-3-8-17-7-2-4-12(17)10-18/h5-6,11-12H,2-4,7-10H2,1H3. The summed E-state index contributed by atoms with van der Waals surface area (Å²) in [5.74, 6) is 0.216. The second-order valence-electron chi connectivity index (χ2n) is 5.82. The Morgan fingerprint density at radius 2 is 2.15 bits per heavy atom. The van der Waals surface area contributed by atoms with Gasteiger partial charge in [0.2, 0.25) is 0 Å². The molecule has 2 unspecified atom stereocenters. The van der Waals surface area contributed by atoms with Crippen LogP contribution >= 0.6 is 22.9 Å². The summed E-state index contributed by atoms with van der Waals surface area (Å²) in [6, 6.07) is 4.28. The minimum absolute atomic E-state index is 0.0368. The van der Waals surface area contributed by atoms with Crippen molar-refractivity contribution in [1.29, 1.82) is 0 Å². The van der Waals surface area contributed by atoms with Crippen LogP contribution in [0.2, 0.25) is 4.34 Å². The van der Waals surface area contributed by atoms with Gasteiger partial charge in [0.15, 0.2) is 5.78 Å². The molecule has 20 heavy (non-hydrogen) atoms.